The molecule has 2 rings (SSSR count). The number of amides is 2. The fourth-order valence-corrected chi connectivity index (χ4v) is 2.58. The molecule has 0 spiro atoms. The van der Waals surface area contributed by atoms with Crippen molar-refractivity contribution < 1.29 is 14.3 Å². The molecule has 1 aromatic carbocycles. The molecule has 0 saturated carbocycles. The van der Waals surface area contributed by atoms with Crippen LogP contribution in [0.1, 0.15) is 17.5 Å². The number of nitrogens with zero attached hydrogens (tertiary/aromatic N) is 3. The van der Waals surface area contributed by atoms with Gasteiger partial charge in [-0.05, 0) is 25.5 Å². The van der Waals surface area contributed by atoms with Gasteiger partial charge in [-0.2, -0.15) is 5.26 Å². The molecule has 0 N–H and O–H groups in total. The minimum absolute atomic E-state index is 0.00393. The van der Waals surface area contributed by atoms with Gasteiger partial charge >= 0.3 is 0 Å². The highest BCUT2D eigenvalue weighted by Gasteiger charge is 2.24. The van der Waals surface area contributed by atoms with Crippen molar-refractivity contribution in [1.29, 1.82) is 5.26 Å². The third-order valence-corrected chi connectivity index (χ3v) is 3.90. The van der Waals surface area contributed by atoms with Crippen LogP contribution < -0.4 is 4.74 Å². The van der Waals surface area contributed by atoms with E-state index in [4.69, 9.17) is 10.00 Å². The quantitative estimate of drug-likeness (QED) is 0.838. The SMILES string of the molecule is Cc1ccc(OCC(=O)N2CCN(C(=O)CC#N)CC2)c(C)c1. The van der Waals surface area contributed by atoms with Crippen LogP contribution >= 0.6 is 0 Å². The Kier molecular flexibility index (Phi) is 5.58. The first-order chi connectivity index (χ1) is 11.0. The summed E-state index contributed by atoms with van der Waals surface area (Å²) in [5.41, 5.74) is 2.16. The first-order valence-electron chi connectivity index (χ1n) is 7.64. The van der Waals surface area contributed by atoms with Crippen LogP contribution in [-0.4, -0.2) is 54.4 Å². The van der Waals surface area contributed by atoms with Crippen molar-refractivity contribution in [1.82, 2.24) is 9.80 Å². The minimum Gasteiger partial charge on any atom is -0.484 e. The van der Waals surface area contributed by atoms with E-state index in [1.807, 2.05) is 38.1 Å². The Balaban J connectivity index is 1.81. The summed E-state index contributed by atoms with van der Waals surface area (Å²) < 4.78 is 5.60. The van der Waals surface area contributed by atoms with Gasteiger partial charge in [-0.3, -0.25) is 9.59 Å². The number of carbonyl (C=O) groups excluding carboxylic acids is 2. The molecule has 122 valence electrons. The van der Waals surface area contributed by atoms with Gasteiger partial charge in [-0.25, -0.2) is 0 Å². The lowest BCUT2D eigenvalue weighted by Crippen LogP contribution is -2.51. The summed E-state index contributed by atoms with van der Waals surface area (Å²) in [5.74, 6) is 0.454. The maximum Gasteiger partial charge on any atom is 0.260 e. The van der Waals surface area contributed by atoms with Crippen molar-refractivity contribution in [3.05, 3.63) is 29.3 Å². The van der Waals surface area contributed by atoms with Crippen molar-refractivity contribution in [3.8, 4) is 11.8 Å². The van der Waals surface area contributed by atoms with Crippen LogP contribution in [0.5, 0.6) is 5.75 Å². The molecule has 1 aliphatic rings. The predicted molar refractivity (Wildman–Crippen MR) is 84.8 cm³/mol. The Bertz CT molecular complexity index is 628. The van der Waals surface area contributed by atoms with Crippen LogP contribution in [0.2, 0.25) is 0 Å². The number of rotatable bonds is 4. The Labute approximate surface area is 136 Å². The molecule has 1 aromatic rings. The zero-order chi connectivity index (χ0) is 16.8. The summed E-state index contributed by atoms with van der Waals surface area (Å²) in [6, 6.07) is 7.69. The highest BCUT2D eigenvalue weighted by atomic mass is 16.5. The first-order valence-corrected chi connectivity index (χ1v) is 7.64. The smallest absolute Gasteiger partial charge is 0.260 e. The third kappa shape index (κ3) is 4.46. The highest BCUT2D eigenvalue weighted by Crippen LogP contribution is 2.18. The summed E-state index contributed by atoms with van der Waals surface area (Å²) in [7, 11) is 0. The second kappa shape index (κ2) is 7.63. The lowest BCUT2D eigenvalue weighted by atomic mass is 10.1. The Morgan fingerprint density at radius 1 is 1.13 bits per heavy atom. The van der Waals surface area contributed by atoms with Crippen LogP contribution in [0.4, 0.5) is 0 Å². The monoisotopic (exact) mass is 315 g/mol. The third-order valence-electron chi connectivity index (χ3n) is 3.90. The first kappa shape index (κ1) is 16.8. The normalized spacial score (nSPS) is 14.3. The average molecular weight is 315 g/mol. The summed E-state index contributed by atoms with van der Waals surface area (Å²) in [6.45, 7) is 5.85. The van der Waals surface area contributed by atoms with Crippen LogP contribution in [0.25, 0.3) is 0 Å². The molecular weight excluding hydrogens is 294 g/mol. The van der Waals surface area contributed by atoms with Crippen molar-refractivity contribution in [2.45, 2.75) is 20.3 Å². The van der Waals surface area contributed by atoms with E-state index in [2.05, 4.69) is 0 Å². The Morgan fingerprint density at radius 3 is 2.30 bits per heavy atom. The van der Waals surface area contributed by atoms with Gasteiger partial charge in [-0.15, -0.1) is 0 Å². The molecule has 0 radical (unpaired) electrons. The van der Waals surface area contributed by atoms with Crippen LogP contribution in [0.3, 0.4) is 0 Å². The number of aryl methyl sites for hydroxylation is 2. The molecule has 0 unspecified atom stereocenters. The molecule has 23 heavy (non-hydrogen) atoms. The number of piperazine rings is 1. The van der Waals surface area contributed by atoms with Crippen molar-refractivity contribution in [2.24, 2.45) is 0 Å². The molecular formula is C17H21N3O3. The number of hydrogen-bond donors (Lipinski definition) is 0. The van der Waals surface area contributed by atoms with Gasteiger partial charge < -0.3 is 14.5 Å². The predicted octanol–water partition coefficient (Wildman–Crippen LogP) is 1.27. The fourth-order valence-electron chi connectivity index (χ4n) is 2.58. The van der Waals surface area contributed by atoms with E-state index in [9.17, 15) is 9.59 Å². The second-order valence-corrected chi connectivity index (χ2v) is 5.65. The van der Waals surface area contributed by atoms with Gasteiger partial charge in [0.05, 0.1) is 6.07 Å². The van der Waals surface area contributed by atoms with E-state index in [-0.39, 0.29) is 24.8 Å². The van der Waals surface area contributed by atoms with E-state index in [1.165, 1.54) is 0 Å². The van der Waals surface area contributed by atoms with Crippen molar-refractivity contribution in [2.75, 3.05) is 32.8 Å². The maximum absolute atomic E-state index is 12.2. The molecule has 0 bridgehead atoms. The number of benzene rings is 1. The topological polar surface area (TPSA) is 73.6 Å². The van der Waals surface area contributed by atoms with E-state index in [0.29, 0.717) is 31.9 Å². The van der Waals surface area contributed by atoms with Crippen molar-refractivity contribution >= 4 is 11.8 Å². The molecule has 0 aliphatic carbocycles. The number of ether oxygens (including phenoxy) is 1. The van der Waals surface area contributed by atoms with Gasteiger partial charge in [0.2, 0.25) is 5.91 Å². The number of nitriles is 1. The minimum atomic E-state index is -0.175. The molecule has 1 aliphatic heterocycles. The van der Waals surface area contributed by atoms with Gasteiger partial charge in [0.15, 0.2) is 6.61 Å². The van der Waals surface area contributed by atoms with Gasteiger partial charge in [0, 0.05) is 26.2 Å². The van der Waals surface area contributed by atoms with Gasteiger partial charge in [0.1, 0.15) is 12.2 Å². The Hall–Kier alpha value is -2.55. The number of carbonyl (C=O) groups is 2. The summed E-state index contributed by atoms with van der Waals surface area (Å²) >= 11 is 0. The molecule has 1 fully saturated rings. The summed E-state index contributed by atoms with van der Waals surface area (Å²) in [5, 5.41) is 8.55. The Morgan fingerprint density at radius 2 is 1.74 bits per heavy atom. The average Bonchev–Trinajstić information content (AvgIpc) is 2.54. The lowest BCUT2D eigenvalue weighted by molar-refractivity contribution is -0.140. The molecule has 1 saturated heterocycles. The van der Waals surface area contributed by atoms with E-state index in [0.717, 1.165) is 11.1 Å². The molecule has 6 heteroatoms. The van der Waals surface area contributed by atoms with E-state index < -0.39 is 0 Å². The fraction of sp³-hybridized carbons (Fsp3) is 0.471. The molecule has 6 nitrogen and oxygen atoms in total. The summed E-state index contributed by atoms with van der Waals surface area (Å²) in [4.78, 5) is 27.1. The highest BCUT2D eigenvalue weighted by molar-refractivity contribution is 5.80. The molecule has 1 heterocycles. The standard InChI is InChI=1S/C17H21N3O3/c1-13-3-4-15(14(2)11-13)23-12-17(22)20-9-7-19(8-10-20)16(21)5-6-18/h3-4,11H,5,7-10,12H2,1-2H3. The number of hydrogen-bond acceptors (Lipinski definition) is 4. The largest absolute Gasteiger partial charge is 0.484 e. The molecule has 2 amide bonds. The molecule has 0 aromatic heterocycles. The lowest BCUT2D eigenvalue weighted by Gasteiger charge is -2.34. The van der Waals surface area contributed by atoms with Gasteiger partial charge in [0.25, 0.3) is 5.91 Å². The second-order valence-electron chi connectivity index (χ2n) is 5.65. The zero-order valence-electron chi connectivity index (χ0n) is 13.5. The van der Waals surface area contributed by atoms with Crippen LogP contribution in [0, 0.1) is 25.2 Å². The van der Waals surface area contributed by atoms with E-state index >= 15 is 0 Å². The van der Waals surface area contributed by atoms with Crippen LogP contribution in [0.15, 0.2) is 18.2 Å². The maximum atomic E-state index is 12.2. The van der Waals surface area contributed by atoms with Gasteiger partial charge in [-0.1, -0.05) is 17.7 Å². The molecule has 0 atom stereocenters. The van der Waals surface area contributed by atoms with E-state index in [1.54, 1.807) is 9.80 Å². The summed E-state index contributed by atoms with van der Waals surface area (Å²) in [6.07, 6.45) is -0.107. The van der Waals surface area contributed by atoms with Crippen molar-refractivity contribution in [3.63, 3.8) is 0 Å². The van der Waals surface area contributed by atoms with Crippen LogP contribution in [-0.2, 0) is 9.59 Å². The zero-order valence-corrected chi connectivity index (χ0v) is 13.5.